The summed E-state index contributed by atoms with van der Waals surface area (Å²) in [5, 5.41) is 10.2. The highest BCUT2D eigenvalue weighted by atomic mass is 16.3. The van der Waals surface area contributed by atoms with Crippen LogP contribution < -0.4 is 10.6 Å². The van der Waals surface area contributed by atoms with Gasteiger partial charge in [0, 0.05) is 42.3 Å². The number of pyridine rings is 1. The largest absolute Gasteiger partial charge is 0.390 e. The molecule has 0 amide bonds. The second-order valence-corrected chi connectivity index (χ2v) is 5.89. The summed E-state index contributed by atoms with van der Waals surface area (Å²) in [6.07, 6.45) is 2.68. The van der Waals surface area contributed by atoms with Crippen molar-refractivity contribution in [3.8, 4) is 0 Å². The molecule has 1 saturated heterocycles. The lowest BCUT2D eigenvalue weighted by Gasteiger charge is -2.27. The van der Waals surface area contributed by atoms with Gasteiger partial charge in [0.1, 0.15) is 0 Å². The molecule has 0 bridgehead atoms. The van der Waals surface area contributed by atoms with Gasteiger partial charge in [-0.15, -0.1) is 0 Å². The molecule has 4 heteroatoms. The van der Waals surface area contributed by atoms with Crippen LogP contribution in [0.1, 0.15) is 43.1 Å². The number of hydrogen-bond donors (Lipinski definition) is 2. The van der Waals surface area contributed by atoms with E-state index >= 15 is 0 Å². The van der Waals surface area contributed by atoms with Crippen LogP contribution in [-0.4, -0.2) is 28.8 Å². The van der Waals surface area contributed by atoms with Crippen LogP contribution in [0.4, 0.5) is 5.69 Å². The van der Waals surface area contributed by atoms with E-state index in [1.165, 1.54) is 5.69 Å². The smallest absolute Gasteiger partial charge is 0.0637 e. The Bertz CT molecular complexity index is 457. The summed E-state index contributed by atoms with van der Waals surface area (Å²) in [5.41, 5.74) is 9.73. The minimum absolute atomic E-state index is 0.515. The van der Waals surface area contributed by atoms with E-state index in [1.54, 1.807) is 0 Å². The van der Waals surface area contributed by atoms with Crippen LogP contribution in [-0.2, 0) is 6.54 Å². The first-order valence-electron chi connectivity index (χ1n) is 7.07. The maximum atomic E-state index is 10.2. The number of nitrogens with zero attached hydrogens (tertiary/aromatic N) is 2. The molecule has 0 spiro atoms. The molecule has 1 unspecified atom stereocenters. The molecule has 2 heterocycles. The number of aromatic nitrogens is 1. The fourth-order valence-electron chi connectivity index (χ4n) is 2.87. The molecule has 0 saturated carbocycles. The fraction of sp³-hybridized carbons (Fsp3) is 0.667. The molecule has 1 aliphatic rings. The third kappa shape index (κ3) is 3.25. The van der Waals surface area contributed by atoms with Crippen LogP contribution in [0.3, 0.4) is 0 Å². The molecule has 1 aromatic heterocycles. The molecule has 4 nitrogen and oxygen atoms in total. The summed E-state index contributed by atoms with van der Waals surface area (Å²) in [6.45, 7) is 8.34. The standard InChI is InChI=1S/C15H25N3O/c1-11-9-14(13(10-16)12(2)17-11)18-7-4-5-15(3,19)6-8-18/h9,19H,4-8,10,16H2,1-3H3. The van der Waals surface area contributed by atoms with Crippen molar-refractivity contribution in [1.29, 1.82) is 0 Å². The van der Waals surface area contributed by atoms with Crippen molar-refractivity contribution in [1.82, 2.24) is 4.98 Å². The Morgan fingerprint density at radius 1 is 1.37 bits per heavy atom. The van der Waals surface area contributed by atoms with Crippen LogP contribution in [0.25, 0.3) is 0 Å². The third-order valence-corrected chi connectivity index (χ3v) is 4.04. The summed E-state index contributed by atoms with van der Waals surface area (Å²) in [7, 11) is 0. The van der Waals surface area contributed by atoms with Gasteiger partial charge in [-0.1, -0.05) is 0 Å². The van der Waals surface area contributed by atoms with Crippen molar-refractivity contribution in [2.45, 2.75) is 52.2 Å². The van der Waals surface area contributed by atoms with Crippen LogP contribution >= 0.6 is 0 Å². The van der Waals surface area contributed by atoms with Crippen LogP contribution in [0.2, 0.25) is 0 Å². The van der Waals surface area contributed by atoms with Crippen LogP contribution in [0, 0.1) is 13.8 Å². The average Bonchev–Trinajstić information content (AvgIpc) is 2.49. The normalized spacial score (nSPS) is 24.4. The van der Waals surface area contributed by atoms with Crippen molar-refractivity contribution >= 4 is 5.69 Å². The quantitative estimate of drug-likeness (QED) is 0.855. The van der Waals surface area contributed by atoms with Gasteiger partial charge in [-0.2, -0.15) is 0 Å². The highest BCUT2D eigenvalue weighted by molar-refractivity contribution is 5.56. The second-order valence-electron chi connectivity index (χ2n) is 5.89. The Kier molecular flexibility index (Phi) is 4.11. The minimum Gasteiger partial charge on any atom is -0.390 e. The van der Waals surface area contributed by atoms with Crippen molar-refractivity contribution in [3.05, 3.63) is 23.0 Å². The molecule has 1 aromatic rings. The highest BCUT2D eigenvalue weighted by Gasteiger charge is 2.26. The Hall–Kier alpha value is -1.13. The van der Waals surface area contributed by atoms with Crippen LogP contribution in [0.15, 0.2) is 6.07 Å². The summed E-state index contributed by atoms with van der Waals surface area (Å²) in [5.74, 6) is 0. The number of nitrogens with two attached hydrogens (primary N) is 1. The van der Waals surface area contributed by atoms with E-state index in [1.807, 2.05) is 20.8 Å². The zero-order chi connectivity index (χ0) is 14.0. The Balaban J connectivity index is 2.31. The zero-order valence-electron chi connectivity index (χ0n) is 12.2. The van der Waals surface area contributed by atoms with Gasteiger partial charge in [0.2, 0.25) is 0 Å². The topological polar surface area (TPSA) is 62.4 Å². The highest BCUT2D eigenvalue weighted by Crippen LogP contribution is 2.29. The average molecular weight is 263 g/mol. The number of rotatable bonds is 2. The predicted molar refractivity (Wildman–Crippen MR) is 78.3 cm³/mol. The second kappa shape index (κ2) is 5.47. The Morgan fingerprint density at radius 2 is 2.11 bits per heavy atom. The molecule has 19 heavy (non-hydrogen) atoms. The molecule has 1 atom stereocenters. The molecule has 1 fully saturated rings. The van der Waals surface area contributed by atoms with Crippen molar-refractivity contribution in [2.24, 2.45) is 5.73 Å². The minimum atomic E-state index is -0.533. The molecule has 0 aromatic carbocycles. The van der Waals surface area contributed by atoms with Gasteiger partial charge in [0.05, 0.1) is 5.60 Å². The van der Waals surface area contributed by atoms with Gasteiger partial charge in [0.25, 0.3) is 0 Å². The molecule has 0 aliphatic carbocycles. The first-order chi connectivity index (χ1) is 8.93. The van der Waals surface area contributed by atoms with E-state index in [0.29, 0.717) is 6.54 Å². The molecule has 3 N–H and O–H groups in total. The van der Waals surface area contributed by atoms with Gasteiger partial charge in [-0.3, -0.25) is 4.98 Å². The first kappa shape index (κ1) is 14.3. The SMILES string of the molecule is Cc1cc(N2CCCC(C)(O)CC2)c(CN)c(C)n1. The lowest BCUT2D eigenvalue weighted by atomic mass is 9.98. The van der Waals surface area contributed by atoms with Gasteiger partial charge in [-0.25, -0.2) is 0 Å². The van der Waals surface area contributed by atoms with E-state index in [9.17, 15) is 5.11 Å². The third-order valence-electron chi connectivity index (χ3n) is 4.04. The van der Waals surface area contributed by atoms with Gasteiger partial charge < -0.3 is 15.7 Å². The van der Waals surface area contributed by atoms with Gasteiger partial charge in [0.15, 0.2) is 0 Å². The maximum Gasteiger partial charge on any atom is 0.0637 e. The Morgan fingerprint density at radius 3 is 2.79 bits per heavy atom. The van der Waals surface area contributed by atoms with Gasteiger partial charge in [-0.05, 0) is 46.1 Å². The summed E-state index contributed by atoms with van der Waals surface area (Å²) in [6, 6.07) is 2.12. The number of anilines is 1. The Labute approximate surface area is 115 Å². The maximum absolute atomic E-state index is 10.2. The number of aryl methyl sites for hydroxylation is 2. The summed E-state index contributed by atoms with van der Waals surface area (Å²) < 4.78 is 0. The van der Waals surface area contributed by atoms with E-state index in [0.717, 1.165) is 49.3 Å². The summed E-state index contributed by atoms with van der Waals surface area (Å²) >= 11 is 0. The molecule has 106 valence electrons. The van der Waals surface area contributed by atoms with E-state index in [4.69, 9.17) is 5.73 Å². The molecule has 1 aliphatic heterocycles. The zero-order valence-corrected chi connectivity index (χ0v) is 12.2. The van der Waals surface area contributed by atoms with Crippen LogP contribution in [0.5, 0.6) is 0 Å². The van der Waals surface area contributed by atoms with Crippen molar-refractivity contribution in [3.63, 3.8) is 0 Å². The molecule has 0 radical (unpaired) electrons. The number of aliphatic hydroxyl groups is 1. The molecular weight excluding hydrogens is 238 g/mol. The van der Waals surface area contributed by atoms with Crippen molar-refractivity contribution in [2.75, 3.05) is 18.0 Å². The van der Waals surface area contributed by atoms with Gasteiger partial charge >= 0.3 is 0 Å². The van der Waals surface area contributed by atoms with E-state index in [-0.39, 0.29) is 0 Å². The van der Waals surface area contributed by atoms with E-state index < -0.39 is 5.60 Å². The first-order valence-corrected chi connectivity index (χ1v) is 7.07. The number of hydrogen-bond acceptors (Lipinski definition) is 4. The molecule has 2 rings (SSSR count). The lowest BCUT2D eigenvalue weighted by Crippen LogP contribution is -2.29. The summed E-state index contributed by atoms with van der Waals surface area (Å²) in [4.78, 5) is 6.85. The fourth-order valence-corrected chi connectivity index (χ4v) is 2.87. The monoisotopic (exact) mass is 263 g/mol. The van der Waals surface area contributed by atoms with E-state index in [2.05, 4.69) is 16.0 Å². The van der Waals surface area contributed by atoms with Crippen molar-refractivity contribution < 1.29 is 5.11 Å². The lowest BCUT2D eigenvalue weighted by molar-refractivity contribution is 0.0481. The predicted octanol–water partition coefficient (Wildman–Crippen LogP) is 1.90. The molecular formula is C15H25N3O.